The van der Waals surface area contributed by atoms with Crippen LogP contribution in [0.3, 0.4) is 0 Å². The molecule has 0 aromatic heterocycles. The van der Waals surface area contributed by atoms with Crippen LogP contribution in [0.2, 0.25) is 0 Å². The van der Waals surface area contributed by atoms with E-state index in [1.54, 1.807) is 23.1 Å². The van der Waals surface area contributed by atoms with Crippen LogP contribution in [0.1, 0.15) is 39.2 Å². The molecule has 0 saturated carbocycles. The number of carbonyl (C=O) groups excluding carboxylic acids is 2. The van der Waals surface area contributed by atoms with E-state index in [-0.39, 0.29) is 18.1 Å². The Morgan fingerprint density at radius 2 is 1.91 bits per heavy atom. The van der Waals surface area contributed by atoms with Gasteiger partial charge in [0.05, 0.1) is 6.54 Å². The third-order valence-corrected chi connectivity index (χ3v) is 3.41. The third-order valence-electron chi connectivity index (χ3n) is 3.41. The van der Waals surface area contributed by atoms with Crippen LogP contribution in [0, 0.1) is 5.82 Å². The van der Waals surface area contributed by atoms with Gasteiger partial charge in [-0.3, -0.25) is 4.79 Å². The lowest BCUT2D eigenvalue weighted by Crippen LogP contribution is -2.38. The molecule has 1 heterocycles. The molecule has 1 saturated heterocycles. The molecule has 0 unspecified atom stereocenters. The number of rotatable bonds is 1. The smallest absolute Gasteiger partial charge is 0.410 e. The van der Waals surface area contributed by atoms with Crippen molar-refractivity contribution in [3.8, 4) is 0 Å². The average Bonchev–Trinajstić information content (AvgIpc) is 2.62. The second kappa shape index (κ2) is 6.94. The monoisotopic (exact) mass is 319 g/mol. The third kappa shape index (κ3) is 5.20. The number of halogens is 1. The molecule has 0 spiro atoms. The van der Waals surface area contributed by atoms with Crippen molar-refractivity contribution < 1.29 is 18.7 Å². The summed E-state index contributed by atoms with van der Waals surface area (Å²) in [6, 6.07) is 5.91. The van der Waals surface area contributed by atoms with Crippen LogP contribution in [-0.4, -0.2) is 35.5 Å². The molecule has 1 aliphatic heterocycles. The molecule has 0 radical (unpaired) electrons. The number of ether oxygens (including phenoxy) is 1. The van der Waals surface area contributed by atoms with E-state index in [9.17, 15) is 14.0 Å². The highest BCUT2D eigenvalue weighted by Crippen LogP contribution is 2.19. The number of carbonyl (C=O) groups is 2. The van der Waals surface area contributed by atoms with Gasteiger partial charge < -0.3 is 9.64 Å². The topological polar surface area (TPSA) is 46.6 Å². The summed E-state index contributed by atoms with van der Waals surface area (Å²) in [5.74, 6) is -0.310. The van der Waals surface area contributed by atoms with Crippen LogP contribution in [0.4, 0.5) is 9.18 Å². The number of hydrogen-bond donors (Lipinski definition) is 0. The van der Waals surface area contributed by atoms with Crippen molar-refractivity contribution in [3.63, 3.8) is 0 Å². The zero-order valence-electron chi connectivity index (χ0n) is 13.8. The molecule has 1 amide bonds. The maximum atomic E-state index is 13.0. The Morgan fingerprint density at radius 3 is 2.52 bits per heavy atom. The lowest BCUT2D eigenvalue weighted by Gasteiger charge is -2.26. The summed E-state index contributed by atoms with van der Waals surface area (Å²) >= 11 is 0. The Bertz CT molecular complexity index is 614. The summed E-state index contributed by atoms with van der Waals surface area (Å²) in [6.45, 7) is 6.13. The largest absolute Gasteiger partial charge is 0.444 e. The van der Waals surface area contributed by atoms with Gasteiger partial charge in [-0.25, -0.2) is 9.18 Å². The van der Waals surface area contributed by atoms with Crippen molar-refractivity contribution in [2.75, 3.05) is 13.1 Å². The van der Waals surface area contributed by atoms with Gasteiger partial charge >= 0.3 is 6.09 Å². The summed E-state index contributed by atoms with van der Waals surface area (Å²) in [4.78, 5) is 26.0. The van der Waals surface area contributed by atoms with E-state index >= 15 is 0 Å². The maximum Gasteiger partial charge on any atom is 0.410 e. The number of likely N-dealkylation sites (tertiary alicyclic amines) is 1. The van der Waals surface area contributed by atoms with Crippen LogP contribution < -0.4 is 0 Å². The second-order valence-corrected chi connectivity index (χ2v) is 6.65. The number of hydrogen-bond acceptors (Lipinski definition) is 3. The van der Waals surface area contributed by atoms with Gasteiger partial charge in [-0.15, -0.1) is 0 Å². The Balaban J connectivity index is 2.19. The predicted octanol–water partition coefficient (Wildman–Crippen LogP) is 3.81. The standard InChI is InChI=1S/C18H22FNO3/c1-18(2,3)23-17(22)20-10-4-5-16(21)14(12-20)11-13-6-8-15(19)9-7-13/h6-9,11H,4-5,10,12H2,1-3H3/b14-11+. The fourth-order valence-electron chi connectivity index (χ4n) is 2.33. The zero-order chi connectivity index (χ0) is 17.0. The molecule has 4 nitrogen and oxygen atoms in total. The van der Waals surface area contributed by atoms with E-state index in [0.717, 1.165) is 5.56 Å². The number of ketones is 1. The minimum absolute atomic E-state index is 0.0142. The van der Waals surface area contributed by atoms with E-state index in [0.29, 0.717) is 25.0 Å². The van der Waals surface area contributed by atoms with Crippen LogP contribution in [-0.2, 0) is 9.53 Å². The van der Waals surface area contributed by atoms with Crippen LogP contribution in [0.15, 0.2) is 29.8 Å². The zero-order valence-corrected chi connectivity index (χ0v) is 13.8. The number of benzene rings is 1. The Kier molecular flexibility index (Phi) is 5.19. The van der Waals surface area contributed by atoms with Crippen molar-refractivity contribution >= 4 is 18.0 Å². The lowest BCUT2D eigenvalue weighted by atomic mass is 10.0. The highest BCUT2D eigenvalue weighted by Gasteiger charge is 2.26. The first-order chi connectivity index (χ1) is 10.7. The van der Waals surface area contributed by atoms with E-state index in [4.69, 9.17) is 4.74 Å². The molecular formula is C18H22FNO3. The number of amides is 1. The Morgan fingerprint density at radius 1 is 1.26 bits per heavy atom. The Hall–Kier alpha value is -2.17. The van der Waals surface area contributed by atoms with E-state index in [2.05, 4.69) is 0 Å². The summed E-state index contributed by atoms with van der Waals surface area (Å²) in [5.41, 5.74) is 0.703. The molecule has 0 atom stereocenters. The summed E-state index contributed by atoms with van der Waals surface area (Å²) in [6.07, 6.45) is 2.30. The number of Topliss-reactive ketones (excluding diaryl/α,β-unsaturated/α-hetero) is 1. The average molecular weight is 319 g/mol. The molecular weight excluding hydrogens is 297 g/mol. The Labute approximate surface area is 135 Å². The van der Waals surface area contributed by atoms with Crippen LogP contribution in [0.25, 0.3) is 6.08 Å². The minimum atomic E-state index is -0.575. The second-order valence-electron chi connectivity index (χ2n) is 6.65. The lowest BCUT2D eigenvalue weighted by molar-refractivity contribution is -0.115. The molecule has 1 aliphatic rings. The molecule has 124 valence electrons. The van der Waals surface area contributed by atoms with Crippen LogP contribution >= 0.6 is 0 Å². The first-order valence-electron chi connectivity index (χ1n) is 7.72. The molecule has 2 rings (SSSR count). The van der Waals surface area contributed by atoms with E-state index in [1.165, 1.54) is 12.1 Å². The van der Waals surface area contributed by atoms with Crippen molar-refractivity contribution in [1.29, 1.82) is 0 Å². The van der Waals surface area contributed by atoms with Gasteiger partial charge in [0.2, 0.25) is 0 Å². The fraction of sp³-hybridized carbons (Fsp3) is 0.444. The SMILES string of the molecule is CC(C)(C)OC(=O)N1CCCC(=O)/C(=C/c2ccc(F)cc2)C1. The van der Waals surface area contributed by atoms with Gasteiger partial charge in [0.1, 0.15) is 11.4 Å². The molecule has 0 N–H and O–H groups in total. The first kappa shape index (κ1) is 17.2. The molecule has 1 aromatic rings. The molecule has 0 aliphatic carbocycles. The highest BCUT2D eigenvalue weighted by atomic mass is 19.1. The van der Waals surface area contributed by atoms with Gasteiger partial charge in [-0.2, -0.15) is 0 Å². The first-order valence-corrected chi connectivity index (χ1v) is 7.72. The van der Waals surface area contributed by atoms with E-state index in [1.807, 2.05) is 20.8 Å². The number of nitrogens with zero attached hydrogens (tertiary/aromatic N) is 1. The van der Waals surface area contributed by atoms with Crippen LogP contribution in [0.5, 0.6) is 0 Å². The quantitative estimate of drug-likeness (QED) is 0.740. The molecule has 0 bridgehead atoms. The van der Waals surface area contributed by atoms with E-state index < -0.39 is 11.7 Å². The van der Waals surface area contributed by atoms with Gasteiger partial charge in [-0.05, 0) is 51.0 Å². The molecule has 23 heavy (non-hydrogen) atoms. The van der Waals surface area contributed by atoms with Crippen molar-refractivity contribution in [2.24, 2.45) is 0 Å². The summed E-state index contributed by atoms with van der Waals surface area (Å²) in [5, 5.41) is 0. The normalized spacial score (nSPS) is 18.0. The van der Waals surface area contributed by atoms with Gasteiger partial charge in [0.15, 0.2) is 5.78 Å². The van der Waals surface area contributed by atoms with Gasteiger partial charge in [0.25, 0.3) is 0 Å². The minimum Gasteiger partial charge on any atom is -0.444 e. The highest BCUT2D eigenvalue weighted by molar-refractivity contribution is 6.00. The molecule has 1 aromatic carbocycles. The molecule has 5 heteroatoms. The summed E-state index contributed by atoms with van der Waals surface area (Å²) in [7, 11) is 0. The van der Waals surface area contributed by atoms with Gasteiger partial charge in [-0.1, -0.05) is 12.1 Å². The van der Waals surface area contributed by atoms with Gasteiger partial charge in [0, 0.05) is 18.5 Å². The predicted molar refractivity (Wildman–Crippen MR) is 86.4 cm³/mol. The van der Waals surface area contributed by atoms with Crippen molar-refractivity contribution in [2.45, 2.75) is 39.2 Å². The van der Waals surface area contributed by atoms with Crippen molar-refractivity contribution in [3.05, 3.63) is 41.2 Å². The summed E-state index contributed by atoms with van der Waals surface area (Å²) < 4.78 is 18.4. The maximum absolute atomic E-state index is 13.0. The fourth-order valence-corrected chi connectivity index (χ4v) is 2.33. The molecule has 1 fully saturated rings. The van der Waals surface area contributed by atoms with Crippen molar-refractivity contribution in [1.82, 2.24) is 4.90 Å².